The Hall–Kier alpha value is -3.40. The highest BCUT2D eigenvalue weighted by molar-refractivity contribution is 6.12. The van der Waals surface area contributed by atoms with E-state index in [0.717, 1.165) is 11.1 Å². The van der Waals surface area contributed by atoms with Crippen LogP contribution in [-0.2, 0) is 0 Å². The van der Waals surface area contributed by atoms with Crippen molar-refractivity contribution in [3.05, 3.63) is 108 Å². The van der Waals surface area contributed by atoms with Crippen molar-refractivity contribution in [1.29, 1.82) is 0 Å². The SMILES string of the molecule is O=C(O)c1ccccc1.ON=C(c1ccccc1)c1ccccc1. The van der Waals surface area contributed by atoms with E-state index in [1.807, 2.05) is 60.7 Å². The van der Waals surface area contributed by atoms with Crippen LogP contribution in [0, 0.1) is 0 Å². The smallest absolute Gasteiger partial charge is 0.335 e. The van der Waals surface area contributed by atoms with Crippen molar-refractivity contribution in [1.82, 2.24) is 0 Å². The number of oxime groups is 1. The standard InChI is InChI=1S/C13H11NO.C7H6O2/c15-14-13(11-7-3-1-4-8-11)12-9-5-2-6-10-12;8-7(9)6-4-2-1-3-5-6/h1-10,15H;1-5H,(H,8,9). The molecule has 0 atom stereocenters. The molecule has 0 aliphatic rings. The van der Waals surface area contributed by atoms with Gasteiger partial charge in [-0.25, -0.2) is 4.79 Å². The first-order valence-electron chi connectivity index (χ1n) is 7.33. The van der Waals surface area contributed by atoms with Gasteiger partial charge in [0.15, 0.2) is 0 Å². The van der Waals surface area contributed by atoms with Gasteiger partial charge in [0.05, 0.1) is 5.56 Å². The van der Waals surface area contributed by atoms with Crippen LogP contribution in [0.25, 0.3) is 0 Å². The van der Waals surface area contributed by atoms with Crippen molar-refractivity contribution in [2.24, 2.45) is 5.16 Å². The Balaban J connectivity index is 0.000000198. The molecule has 0 fully saturated rings. The second-order valence-corrected chi connectivity index (χ2v) is 4.85. The lowest BCUT2D eigenvalue weighted by Crippen LogP contribution is -2.02. The van der Waals surface area contributed by atoms with E-state index in [2.05, 4.69) is 5.16 Å². The molecule has 3 aromatic carbocycles. The van der Waals surface area contributed by atoms with Crippen molar-refractivity contribution < 1.29 is 15.1 Å². The van der Waals surface area contributed by atoms with Crippen molar-refractivity contribution in [2.75, 3.05) is 0 Å². The molecular weight excluding hydrogens is 302 g/mol. The zero-order chi connectivity index (χ0) is 17.2. The van der Waals surface area contributed by atoms with Crippen LogP contribution >= 0.6 is 0 Å². The summed E-state index contributed by atoms with van der Waals surface area (Å²) in [5.41, 5.74) is 2.74. The van der Waals surface area contributed by atoms with Gasteiger partial charge < -0.3 is 10.3 Å². The molecule has 0 aliphatic carbocycles. The molecular formula is C20H17NO3. The third-order valence-corrected chi connectivity index (χ3v) is 3.22. The summed E-state index contributed by atoms with van der Waals surface area (Å²) in [5.74, 6) is -0.879. The number of carbonyl (C=O) groups is 1. The van der Waals surface area contributed by atoms with Crippen LogP contribution in [0.1, 0.15) is 21.5 Å². The molecule has 0 saturated heterocycles. The number of benzene rings is 3. The van der Waals surface area contributed by atoms with Gasteiger partial charge in [-0.2, -0.15) is 0 Å². The van der Waals surface area contributed by atoms with Crippen LogP contribution in [0.3, 0.4) is 0 Å². The van der Waals surface area contributed by atoms with Gasteiger partial charge in [0.25, 0.3) is 0 Å². The molecule has 0 heterocycles. The van der Waals surface area contributed by atoms with E-state index < -0.39 is 5.97 Å². The van der Waals surface area contributed by atoms with Gasteiger partial charge in [-0.1, -0.05) is 84.0 Å². The molecule has 0 unspecified atom stereocenters. The number of hydrogen-bond donors (Lipinski definition) is 2. The Morgan fingerprint density at radius 1 is 0.625 bits per heavy atom. The molecule has 0 aliphatic heterocycles. The summed E-state index contributed by atoms with van der Waals surface area (Å²) in [4.78, 5) is 10.2. The summed E-state index contributed by atoms with van der Waals surface area (Å²) >= 11 is 0. The van der Waals surface area contributed by atoms with Gasteiger partial charge in [0.2, 0.25) is 0 Å². The summed E-state index contributed by atoms with van der Waals surface area (Å²) in [6.45, 7) is 0. The van der Waals surface area contributed by atoms with E-state index >= 15 is 0 Å². The number of aromatic carboxylic acids is 1. The average Bonchev–Trinajstić information content (AvgIpc) is 2.65. The minimum absolute atomic E-state index is 0.331. The number of hydrogen-bond acceptors (Lipinski definition) is 3. The van der Waals surface area contributed by atoms with Gasteiger partial charge in [0.1, 0.15) is 5.71 Å². The molecule has 0 radical (unpaired) electrons. The van der Waals surface area contributed by atoms with Crippen molar-refractivity contribution in [2.45, 2.75) is 0 Å². The molecule has 3 aromatic rings. The molecule has 2 N–H and O–H groups in total. The summed E-state index contributed by atoms with van der Waals surface area (Å²) < 4.78 is 0. The first-order valence-corrected chi connectivity index (χ1v) is 7.33. The monoisotopic (exact) mass is 319 g/mol. The zero-order valence-corrected chi connectivity index (χ0v) is 12.9. The maximum absolute atomic E-state index is 10.2. The predicted octanol–water partition coefficient (Wildman–Crippen LogP) is 4.30. The highest BCUT2D eigenvalue weighted by Crippen LogP contribution is 2.09. The number of carboxylic acid groups (broad SMARTS) is 1. The van der Waals surface area contributed by atoms with Crippen LogP contribution in [-0.4, -0.2) is 22.0 Å². The Kier molecular flexibility index (Phi) is 6.29. The lowest BCUT2D eigenvalue weighted by molar-refractivity contribution is 0.0697. The third kappa shape index (κ3) is 4.81. The lowest BCUT2D eigenvalue weighted by Gasteiger charge is -2.03. The predicted molar refractivity (Wildman–Crippen MR) is 93.7 cm³/mol. The molecule has 24 heavy (non-hydrogen) atoms. The van der Waals surface area contributed by atoms with Crippen molar-refractivity contribution >= 4 is 11.7 Å². The van der Waals surface area contributed by atoms with E-state index in [-0.39, 0.29) is 0 Å². The Morgan fingerprint density at radius 3 is 1.21 bits per heavy atom. The largest absolute Gasteiger partial charge is 0.478 e. The average molecular weight is 319 g/mol. The third-order valence-electron chi connectivity index (χ3n) is 3.22. The van der Waals surface area contributed by atoms with E-state index in [9.17, 15) is 4.79 Å². The number of rotatable bonds is 3. The van der Waals surface area contributed by atoms with E-state index in [4.69, 9.17) is 10.3 Å². The van der Waals surface area contributed by atoms with Gasteiger partial charge in [0, 0.05) is 11.1 Å². The molecule has 3 rings (SSSR count). The molecule has 0 spiro atoms. The van der Waals surface area contributed by atoms with Crippen LogP contribution in [0.5, 0.6) is 0 Å². The molecule has 4 nitrogen and oxygen atoms in total. The number of carboxylic acids is 1. The zero-order valence-electron chi connectivity index (χ0n) is 12.9. The van der Waals surface area contributed by atoms with Crippen molar-refractivity contribution in [3.63, 3.8) is 0 Å². The fourth-order valence-corrected chi connectivity index (χ4v) is 2.05. The molecule has 0 bridgehead atoms. The molecule has 0 saturated carbocycles. The van der Waals surface area contributed by atoms with E-state index in [0.29, 0.717) is 11.3 Å². The number of nitrogens with zero attached hydrogens (tertiary/aromatic N) is 1. The Morgan fingerprint density at radius 2 is 0.958 bits per heavy atom. The van der Waals surface area contributed by atoms with Crippen LogP contribution < -0.4 is 0 Å². The van der Waals surface area contributed by atoms with Gasteiger partial charge in [-0.05, 0) is 12.1 Å². The first kappa shape index (κ1) is 17.0. The van der Waals surface area contributed by atoms with E-state index in [1.54, 1.807) is 30.3 Å². The topological polar surface area (TPSA) is 69.9 Å². The fraction of sp³-hybridized carbons (Fsp3) is 0. The maximum atomic E-state index is 10.2. The normalized spacial score (nSPS) is 9.33. The van der Waals surface area contributed by atoms with Gasteiger partial charge in [-0.15, -0.1) is 0 Å². The highest BCUT2D eigenvalue weighted by Gasteiger charge is 2.05. The summed E-state index contributed by atoms with van der Waals surface area (Å²) in [6.07, 6.45) is 0. The van der Waals surface area contributed by atoms with Gasteiger partial charge >= 0.3 is 5.97 Å². The van der Waals surface area contributed by atoms with Gasteiger partial charge in [-0.3, -0.25) is 0 Å². The van der Waals surface area contributed by atoms with Crippen LogP contribution in [0.4, 0.5) is 0 Å². The molecule has 0 aromatic heterocycles. The van der Waals surface area contributed by atoms with E-state index in [1.165, 1.54) is 0 Å². The second-order valence-electron chi connectivity index (χ2n) is 4.85. The van der Waals surface area contributed by atoms with Crippen LogP contribution in [0.15, 0.2) is 96.2 Å². The fourth-order valence-electron chi connectivity index (χ4n) is 2.05. The highest BCUT2D eigenvalue weighted by atomic mass is 16.4. The first-order chi connectivity index (χ1) is 11.7. The molecule has 120 valence electrons. The van der Waals surface area contributed by atoms with Crippen LogP contribution in [0.2, 0.25) is 0 Å². The maximum Gasteiger partial charge on any atom is 0.335 e. The molecule has 0 amide bonds. The van der Waals surface area contributed by atoms with Crippen molar-refractivity contribution in [3.8, 4) is 0 Å². The molecule has 4 heteroatoms. The lowest BCUT2D eigenvalue weighted by atomic mass is 10.0. The summed E-state index contributed by atoms with van der Waals surface area (Å²) in [5, 5.41) is 20.8. The summed E-state index contributed by atoms with van der Waals surface area (Å²) in [7, 11) is 0. The Labute approximate surface area is 140 Å². The summed E-state index contributed by atoms with van der Waals surface area (Å²) in [6, 6.07) is 27.5. The quantitative estimate of drug-likeness (QED) is 0.429. The minimum atomic E-state index is -0.879. The Bertz CT molecular complexity index is 743. The minimum Gasteiger partial charge on any atom is -0.478 e. The second kappa shape index (κ2) is 8.90.